The van der Waals surface area contributed by atoms with Gasteiger partial charge < -0.3 is 4.74 Å². The molecule has 0 bridgehead atoms. The van der Waals surface area contributed by atoms with Crippen LogP contribution in [0, 0.1) is 11.3 Å². The summed E-state index contributed by atoms with van der Waals surface area (Å²) >= 11 is 1.71. The quantitative estimate of drug-likeness (QED) is 0.792. The molecule has 0 atom stereocenters. The molecule has 0 saturated carbocycles. The number of benzene rings is 1. The largest absolute Gasteiger partial charge is 0.495 e. The molecule has 5 heteroatoms. The Morgan fingerprint density at radius 3 is 2.94 bits per heavy atom. The summed E-state index contributed by atoms with van der Waals surface area (Å²) in [6.07, 6.45) is 3.82. The van der Waals surface area contributed by atoms with Crippen LogP contribution in [0.25, 0.3) is 0 Å². The molecule has 0 aliphatic heterocycles. The second-order valence-electron chi connectivity index (χ2n) is 3.78. The monoisotopic (exact) mass is 259 g/mol. The van der Waals surface area contributed by atoms with Crippen molar-refractivity contribution in [2.75, 3.05) is 7.11 Å². The minimum atomic E-state index is 0.563. The highest BCUT2D eigenvalue weighted by Crippen LogP contribution is 2.25. The molecule has 92 valence electrons. The van der Waals surface area contributed by atoms with Crippen LogP contribution in [0.5, 0.6) is 5.75 Å². The molecule has 1 aromatic carbocycles. The lowest BCUT2D eigenvalue weighted by atomic mass is 10.1. The first-order valence-corrected chi connectivity index (χ1v) is 6.40. The van der Waals surface area contributed by atoms with E-state index in [1.165, 1.54) is 0 Å². The molecule has 0 aliphatic carbocycles. The van der Waals surface area contributed by atoms with E-state index in [-0.39, 0.29) is 0 Å². The topological polar surface area (TPSA) is 50.8 Å². The Bertz CT molecular complexity index is 586. The first-order chi connectivity index (χ1) is 8.72. The summed E-state index contributed by atoms with van der Waals surface area (Å²) in [6.45, 7) is 0. The van der Waals surface area contributed by atoms with Crippen molar-refractivity contribution in [2.45, 2.75) is 10.6 Å². The lowest BCUT2D eigenvalue weighted by Crippen LogP contribution is -1.90. The van der Waals surface area contributed by atoms with E-state index in [2.05, 4.69) is 11.2 Å². The highest BCUT2D eigenvalue weighted by molar-refractivity contribution is 7.98. The fraction of sp³-hybridized carbons (Fsp3) is 0.231. The summed E-state index contributed by atoms with van der Waals surface area (Å²) in [7, 11) is 3.48. The van der Waals surface area contributed by atoms with Crippen molar-refractivity contribution < 1.29 is 4.74 Å². The number of nitrogens with zero attached hydrogens (tertiary/aromatic N) is 3. The summed E-state index contributed by atoms with van der Waals surface area (Å²) in [6, 6.07) is 7.75. The van der Waals surface area contributed by atoms with Gasteiger partial charge in [-0.2, -0.15) is 10.4 Å². The van der Waals surface area contributed by atoms with Crippen molar-refractivity contribution >= 4 is 11.8 Å². The smallest absolute Gasteiger partial charge is 0.136 e. The van der Waals surface area contributed by atoms with Crippen LogP contribution in [0.3, 0.4) is 0 Å². The Hall–Kier alpha value is -1.93. The van der Waals surface area contributed by atoms with Gasteiger partial charge >= 0.3 is 0 Å². The minimum Gasteiger partial charge on any atom is -0.495 e. The van der Waals surface area contributed by atoms with Crippen LogP contribution < -0.4 is 4.74 Å². The highest BCUT2D eigenvalue weighted by atomic mass is 32.2. The van der Waals surface area contributed by atoms with Crippen molar-refractivity contribution in [2.24, 2.45) is 7.05 Å². The zero-order valence-corrected chi connectivity index (χ0v) is 11.1. The maximum Gasteiger partial charge on any atom is 0.136 e. The van der Waals surface area contributed by atoms with E-state index >= 15 is 0 Å². The lowest BCUT2D eigenvalue weighted by molar-refractivity contribution is 0.413. The Labute approximate surface area is 110 Å². The van der Waals surface area contributed by atoms with Crippen molar-refractivity contribution in [1.29, 1.82) is 5.26 Å². The number of methoxy groups -OCH3 is 1. The molecule has 0 spiro atoms. The number of nitriles is 1. The molecular weight excluding hydrogens is 246 g/mol. The zero-order chi connectivity index (χ0) is 13.0. The van der Waals surface area contributed by atoms with E-state index < -0.39 is 0 Å². The number of rotatable bonds is 4. The van der Waals surface area contributed by atoms with E-state index in [9.17, 15) is 0 Å². The van der Waals surface area contributed by atoms with E-state index in [1.54, 1.807) is 29.6 Å². The molecule has 0 saturated heterocycles. The van der Waals surface area contributed by atoms with E-state index in [0.717, 1.165) is 16.2 Å². The number of thioether (sulfide) groups is 1. The third kappa shape index (κ3) is 2.84. The Morgan fingerprint density at radius 1 is 1.50 bits per heavy atom. The van der Waals surface area contributed by atoms with Gasteiger partial charge in [0, 0.05) is 23.9 Å². The third-order valence-electron chi connectivity index (χ3n) is 2.47. The van der Waals surface area contributed by atoms with E-state index in [1.807, 2.05) is 31.6 Å². The first kappa shape index (κ1) is 12.5. The molecule has 0 fully saturated rings. The normalized spacial score (nSPS) is 10.1. The summed E-state index contributed by atoms with van der Waals surface area (Å²) in [5.41, 5.74) is 1.69. The standard InChI is InChI=1S/C13H13N3OS/c1-16-8-12(7-15-16)18-9-10-3-4-11(6-14)13(5-10)17-2/h3-5,7-8H,9H2,1-2H3. The van der Waals surface area contributed by atoms with Gasteiger partial charge in [0.1, 0.15) is 11.8 Å². The van der Waals surface area contributed by atoms with Crippen LogP contribution in [0.1, 0.15) is 11.1 Å². The number of ether oxygens (including phenoxy) is 1. The molecule has 0 unspecified atom stereocenters. The van der Waals surface area contributed by atoms with Crippen LogP contribution >= 0.6 is 11.8 Å². The van der Waals surface area contributed by atoms with Gasteiger partial charge in [-0.3, -0.25) is 4.68 Å². The third-order valence-corrected chi connectivity index (χ3v) is 3.49. The number of hydrogen-bond donors (Lipinski definition) is 0. The summed E-state index contributed by atoms with van der Waals surface area (Å²) < 4.78 is 6.96. The maximum atomic E-state index is 8.90. The van der Waals surface area contributed by atoms with E-state index in [0.29, 0.717) is 11.3 Å². The molecular formula is C13H13N3OS. The molecule has 18 heavy (non-hydrogen) atoms. The van der Waals surface area contributed by atoms with Crippen LogP contribution in [0.15, 0.2) is 35.5 Å². The zero-order valence-electron chi connectivity index (χ0n) is 10.3. The second-order valence-corrected chi connectivity index (χ2v) is 4.83. The van der Waals surface area contributed by atoms with Crippen molar-refractivity contribution in [1.82, 2.24) is 9.78 Å². The highest BCUT2D eigenvalue weighted by Gasteiger charge is 2.04. The van der Waals surface area contributed by atoms with E-state index in [4.69, 9.17) is 10.00 Å². The lowest BCUT2D eigenvalue weighted by Gasteiger charge is -2.05. The average molecular weight is 259 g/mol. The summed E-state index contributed by atoms with van der Waals surface area (Å²) in [4.78, 5) is 1.13. The maximum absolute atomic E-state index is 8.90. The Kier molecular flexibility index (Phi) is 3.90. The van der Waals surface area contributed by atoms with Gasteiger partial charge in [-0.1, -0.05) is 6.07 Å². The SMILES string of the molecule is COc1cc(CSc2cnn(C)c2)ccc1C#N. The Morgan fingerprint density at radius 2 is 2.33 bits per heavy atom. The van der Waals surface area contributed by atoms with Gasteiger partial charge in [0.2, 0.25) is 0 Å². The van der Waals surface area contributed by atoms with Crippen molar-refractivity contribution in [3.8, 4) is 11.8 Å². The average Bonchev–Trinajstić information content (AvgIpc) is 2.81. The van der Waals surface area contributed by atoms with Gasteiger partial charge in [0.15, 0.2) is 0 Å². The molecule has 1 aromatic heterocycles. The van der Waals surface area contributed by atoms with Gasteiger partial charge in [-0.05, 0) is 17.7 Å². The second kappa shape index (κ2) is 5.61. The van der Waals surface area contributed by atoms with Crippen LogP contribution in [-0.4, -0.2) is 16.9 Å². The van der Waals surface area contributed by atoms with Crippen LogP contribution in [-0.2, 0) is 12.8 Å². The molecule has 0 radical (unpaired) electrons. The molecule has 0 aliphatic rings. The summed E-state index contributed by atoms with van der Waals surface area (Å²) in [5, 5.41) is 13.0. The molecule has 2 aromatic rings. The Balaban J connectivity index is 2.08. The molecule has 2 rings (SSSR count). The van der Waals surface area contributed by atoms with Gasteiger partial charge in [0.05, 0.1) is 18.9 Å². The number of hydrogen-bond acceptors (Lipinski definition) is 4. The number of aromatic nitrogens is 2. The summed E-state index contributed by atoms with van der Waals surface area (Å²) in [5.74, 6) is 1.45. The fourth-order valence-electron chi connectivity index (χ4n) is 1.56. The molecule has 1 heterocycles. The van der Waals surface area contributed by atoms with Crippen molar-refractivity contribution in [3.05, 3.63) is 41.7 Å². The van der Waals surface area contributed by atoms with Gasteiger partial charge in [-0.25, -0.2) is 0 Å². The molecule has 4 nitrogen and oxygen atoms in total. The molecule has 0 amide bonds. The number of aryl methyl sites for hydroxylation is 1. The van der Waals surface area contributed by atoms with Gasteiger partial charge in [0.25, 0.3) is 0 Å². The van der Waals surface area contributed by atoms with Crippen LogP contribution in [0.4, 0.5) is 0 Å². The predicted octanol–water partition coefficient (Wildman–Crippen LogP) is 2.59. The molecule has 0 N–H and O–H groups in total. The van der Waals surface area contributed by atoms with Crippen LogP contribution in [0.2, 0.25) is 0 Å². The minimum absolute atomic E-state index is 0.563. The predicted molar refractivity (Wildman–Crippen MR) is 70.5 cm³/mol. The van der Waals surface area contributed by atoms with Gasteiger partial charge in [-0.15, -0.1) is 11.8 Å². The fourth-order valence-corrected chi connectivity index (χ4v) is 2.42. The van der Waals surface area contributed by atoms with Crippen molar-refractivity contribution in [3.63, 3.8) is 0 Å². The first-order valence-electron chi connectivity index (χ1n) is 5.41.